The van der Waals surface area contributed by atoms with Crippen molar-refractivity contribution in [3.63, 3.8) is 0 Å². The van der Waals surface area contributed by atoms with Crippen molar-refractivity contribution in [3.05, 3.63) is 37.1 Å². The first kappa shape index (κ1) is 21.0. The van der Waals surface area contributed by atoms with Crippen molar-refractivity contribution in [1.29, 1.82) is 0 Å². The summed E-state index contributed by atoms with van der Waals surface area (Å²) in [6.45, 7) is 6.60. The van der Waals surface area contributed by atoms with Gasteiger partial charge < -0.3 is 18.9 Å². The minimum atomic E-state index is -0.441. The van der Waals surface area contributed by atoms with E-state index in [1.54, 1.807) is 27.8 Å². The second-order valence-electron chi connectivity index (χ2n) is 4.28. The van der Waals surface area contributed by atoms with Crippen LogP contribution in [0.1, 0.15) is 0 Å². The fraction of sp³-hybridized carbons (Fsp3) is 0.500. The lowest BCUT2D eigenvalue weighted by atomic mass is 10.5. The highest BCUT2D eigenvalue weighted by atomic mass is 33.1. The number of pyridine rings is 1. The minimum absolute atomic E-state index is 0.224. The summed E-state index contributed by atoms with van der Waals surface area (Å²) in [5, 5.41) is 1.00. The van der Waals surface area contributed by atoms with Crippen LogP contribution in [0.2, 0.25) is 0 Å². The molecule has 6 nitrogen and oxygen atoms in total. The van der Waals surface area contributed by atoms with Crippen molar-refractivity contribution in [3.8, 4) is 0 Å². The van der Waals surface area contributed by atoms with Crippen LogP contribution in [0, 0.1) is 0 Å². The zero-order valence-corrected chi connectivity index (χ0v) is 15.2. The average molecular weight is 373 g/mol. The van der Waals surface area contributed by atoms with Gasteiger partial charge in [0.25, 0.3) is 0 Å². The summed E-state index contributed by atoms with van der Waals surface area (Å²) in [5.74, 6) is 0.455. The molecule has 8 heteroatoms. The number of aromatic nitrogens is 1. The average Bonchev–Trinajstić information content (AvgIpc) is 2.62. The van der Waals surface area contributed by atoms with E-state index >= 15 is 0 Å². The molecule has 0 atom stereocenters. The summed E-state index contributed by atoms with van der Waals surface area (Å²) in [5.41, 5.74) is 0. The predicted octanol–water partition coefficient (Wildman–Crippen LogP) is 2.60. The van der Waals surface area contributed by atoms with E-state index in [9.17, 15) is 4.79 Å². The molecule has 0 N–H and O–H groups in total. The number of carbonyl (C=O) groups excluding carboxylic acids is 1. The van der Waals surface area contributed by atoms with Gasteiger partial charge in [0.15, 0.2) is 0 Å². The summed E-state index contributed by atoms with van der Waals surface area (Å²) < 4.78 is 20.8. The second-order valence-corrected chi connectivity index (χ2v) is 6.72. The first-order chi connectivity index (χ1) is 11.8. The molecule has 0 aliphatic rings. The van der Waals surface area contributed by atoms with Gasteiger partial charge in [-0.3, -0.25) is 0 Å². The number of nitrogens with zero attached hydrogens (tertiary/aromatic N) is 1. The number of rotatable bonds is 15. The smallest absolute Gasteiger partial charge is 0.330 e. The number of hydrogen-bond donors (Lipinski definition) is 0. The molecule has 0 amide bonds. The molecule has 0 aliphatic heterocycles. The molecule has 1 aromatic rings. The molecule has 0 radical (unpaired) electrons. The van der Waals surface area contributed by atoms with E-state index in [1.165, 1.54) is 0 Å². The Bertz CT molecular complexity index is 447. The van der Waals surface area contributed by atoms with Gasteiger partial charge in [-0.1, -0.05) is 23.4 Å². The van der Waals surface area contributed by atoms with Crippen LogP contribution in [0.5, 0.6) is 0 Å². The Balaban J connectivity index is 1.75. The van der Waals surface area contributed by atoms with Crippen molar-refractivity contribution < 1.29 is 23.7 Å². The second kappa shape index (κ2) is 15.5. The number of ether oxygens (including phenoxy) is 4. The van der Waals surface area contributed by atoms with Crippen molar-refractivity contribution >= 4 is 27.6 Å². The van der Waals surface area contributed by atoms with E-state index in [0.29, 0.717) is 39.6 Å². The first-order valence-corrected chi connectivity index (χ1v) is 9.87. The summed E-state index contributed by atoms with van der Waals surface area (Å²) in [6, 6.07) is 5.86. The number of esters is 1. The van der Waals surface area contributed by atoms with E-state index in [1.807, 2.05) is 18.2 Å². The maximum Gasteiger partial charge on any atom is 0.330 e. The molecule has 0 unspecified atom stereocenters. The van der Waals surface area contributed by atoms with Crippen LogP contribution in [-0.2, 0) is 23.7 Å². The third kappa shape index (κ3) is 12.4. The Morgan fingerprint density at radius 3 is 2.33 bits per heavy atom. The first-order valence-electron chi connectivity index (χ1n) is 7.56. The monoisotopic (exact) mass is 373 g/mol. The van der Waals surface area contributed by atoms with Crippen molar-refractivity contribution in [2.75, 3.05) is 52.0 Å². The highest BCUT2D eigenvalue weighted by Gasteiger charge is 1.97. The lowest BCUT2D eigenvalue weighted by molar-refractivity contribution is -0.139. The molecule has 1 rings (SSSR count). The van der Waals surface area contributed by atoms with Gasteiger partial charge >= 0.3 is 5.97 Å². The largest absolute Gasteiger partial charge is 0.460 e. The van der Waals surface area contributed by atoms with Crippen LogP contribution in [0.15, 0.2) is 42.1 Å². The zero-order chi connectivity index (χ0) is 17.3. The van der Waals surface area contributed by atoms with E-state index in [0.717, 1.165) is 16.9 Å². The normalized spacial score (nSPS) is 10.5. The molecule has 0 saturated carbocycles. The van der Waals surface area contributed by atoms with Crippen LogP contribution in [0.3, 0.4) is 0 Å². The van der Waals surface area contributed by atoms with Crippen LogP contribution >= 0.6 is 21.6 Å². The van der Waals surface area contributed by atoms with Crippen molar-refractivity contribution in [2.45, 2.75) is 5.03 Å². The van der Waals surface area contributed by atoms with E-state index in [-0.39, 0.29) is 6.61 Å². The molecular formula is C16H23NO5S2. The Labute approximate surface area is 150 Å². The Morgan fingerprint density at radius 2 is 1.71 bits per heavy atom. The SMILES string of the molecule is C=CC(=O)OCCOCCOCCOCCSSc1ccccn1. The van der Waals surface area contributed by atoms with Crippen molar-refractivity contribution in [1.82, 2.24) is 4.98 Å². The molecule has 134 valence electrons. The van der Waals surface area contributed by atoms with Gasteiger partial charge in [0.05, 0.1) is 39.6 Å². The molecule has 0 spiro atoms. The van der Waals surface area contributed by atoms with Gasteiger partial charge in [0, 0.05) is 18.0 Å². The maximum absolute atomic E-state index is 10.7. The summed E-state index contributed by atoms with van der Waals surface area (Å²) in [4.78, 5) is 15.0. The minimum Gasteiger partial charge on any atom is -0.460 e. The van der Waals surface area contributed by atoms with E-state index < -0.39 is 5.97 Å². The van der Waals surface area contributed by atoms with Crippen LogP contribution < -0.4 is 0 Å². The van der Waals surface area contributed by atoms with Crippen LogP contribution in [-0.4, -0.2) is 63.0 Å². The highest BCUT2D eigenvalue weighted by molar-refractivity contribution is 8.76. The molecule has 1 aromatic heterocycles. The van der Waals surface area contributed by atoms with Gasteiger partial charge in [-0.25, -0.2) is 9.78 Å². The fourth-order valence-electron chi connectivity index (χ4n) is 1.39. The fourth-order valence-corrected chi connectivity index (χ4v) is 3.13. The van der Waals surface area contributed by atoms with Gasteiger partial charge in [-0.15, -0.1) is 0 Å². The number of carbonyl (C=O) groups is 1. The third-order valence-corrected chi connectivity index (χ3v) is 4.71. The summed E-state index contributed by atoms with van der Waals surface area (Å²) >= 11 is 0. The molecule has 0 fully saturated rings. The topological polar surface area (TPSA) is 66.9 Å². The van der Waals surface area contributed by atoms with E-state index in [2.05, 4.69) is 11.6 Å². The lowest BCUT2D eigenvalue weighted by Crippen LogP contribution is -2.13. The highest BCUT2D eigenvalue weighted by Crippen LogP contribution is 2.28. The van der Waals surface area contributed by atoms with Gasteiger partial charge in [0.1, 0.15) is 11.6 Å². The predicted molar refractivity (Wildman–Crippen MR) is 96.2 cm³/mol. The quantitative estimate of drug-likeness (QED) is 0.201. The zero-order valence-electron chi connectivity index (χ0n) is 13.6. The molecule has 0 saturated heterocycles. The van der Waals surface area contributed by atoms with Crippen molar-refractivity contribution in [2.24, 2.45) is 0 Å². The molecule has 0 aromatic carbocycles. The standard InChI is InChI=1S/C16H23NO5S2/c1-2-16(18)22-12-11-20-8-7-19-9-10-21-13-14-23-24-15-5-3-4-6-17-15/h2-6H,1,7-14H2. The molecular weight excluding hydrogens is 350 g/mol. The summed E-state index contributed by atoms with van der Waals surface area (Å²) in [6.07, 6.45) is 2.91. The van der Waals surface area contributed by atoms with Crippen LogP contribution in [0.25, 0.3) is 0 Å². The Kier molecular flexibility index (Phi) is 13.5. The molecule has 1 heterocycles. The van der Waals surface area contributed by atoms with Gasteiger partial charge in [-0.2, -0.15) is 0 Å². The molecule has 0 aliphatic carbocycles. The number of hydrogen-bond acceptors (Lipinski definition) is 8. The van der Waals surface area contributed by atoms with Crippen LogP contribution in [0.4, 0.5) is 0 Å². The Hall–Kier alpha value is -1.06. The molecule has 24 heavy (non-hydrogen) atoms. The summed E-state index contributed by atoms with van der Waals surface area (Å²) in [7, 11) is 3.36. The Morgan fingerprint density at radius 1 is 1.04 bits per heavy atom. The third-order valence-electron chi connectivity index (χ3n) is 2.48. The van der Waals surface area contributed by atoms with E-state index in [4.69, 9.17) is 18.9 Å². The van der Waals surface area contributed by atoms with Gasteiger partial charge in [0.2, 0.25) is 0 Å². The maximum atomic E-state index is 10.7. The lowest BCUT2D eigenvalue weighted by Gasteiger charge is -2.07. The molecule has 0 bridgehead atoms. The van der Waals surface area contributed by atoms with Gasteiger partial charge in [-0.05, 0) is 22.9 Å².